The van der Waals surface area contributed by atoms with Gasteiger partial charge in [0, 0.05) is 12.1 Å². The highest BCUT2D eigenvalue weighted by Gasteiger charge is 2.33. The van der Waals surface area contributed by atoms with Gasteiger partial charge in [-0.25, -0.2) is 0 Å². The van der Waals surface area contributed by atoms with Crippen molar-refractivity contribution in [1.29, 1.82) is 0 Å². The maximum absolute atomic E-state index is 12.6. The predicted molar refractivity (Wildman–Crippen MR) is 87.4 cm³/mol. The molecule has 1 amide bonds. The van der Waals surface area contributed by atoms with Crippen LogP contribution in [0.1, 0.15) is 62.4 Å². The van der Waals surface area contributed by atoms with Crippen LogP contribution in [-0.2, 0) is 5.41 Å². The van der Waals surface area contributed by atoms with Crippen molar-refractivity contribution < 1.29 is 4.79 Å². The lowest BCUT2D eigenvalue weighted by atomic mass is 9.83. The van der Waals surface area contributed by atoms with Gasteiger partial charge in [-0.1, -0.05) is 51.8 Å². The van der Waals surface area contributed by atoms with Crippen LogP contribution >= 0.6 is 0 Å². The van der Waals surface area contributed by atoms with E-state index in [9.17, 15) is 4.79 Å². The molecule has 3 heteroatoms. The third-order valence-corrected chi connectivity index (χ3v) is 4.70. The first-order valence-corrected chi connectivity index (χ1v) is 7.96. The largest absolute Gasteiger partial charge is 0.351 e. The van der Waals surface area contributed by atoms with Crippen LogP contribution in [-0.4, -0.2) is 19.0 Å². The van der Waals surface area contributed by atoms with E-state index in [0.29, 0.717) is 13.1 Å². The molecule has 21 heavy (non-hydrogen) atoms. The van der Waals surface area contributed by atoms with E-state index in [0.717, 1.165) is 24.0 Å². The van der Waals surface area contributed by atoms with Crippen molar-refractivity contribution in [2.24, 2.45) is 11.1 Å². The minimum Gasteiger partial charge on any atom is -0.351 e. The van der Waals surface area contributed by atoms with Crippen molar-refractivity contribution in [1.82, 2.24) is 5.32 Å². The second-order valence-electron chi connectivity index (χ2n) is 7.39. The van der Waals surface area contributed by atoms with Crippen LogP contribution in [0.4, 0.5) is 0 Å². The summed E-state index contributed by atoms with van der Waals surface area (Å²) in [6.45, 7) is 7.77. The first-order chi connectivity index (χ1) is 9.88. The minimum atomic E-state index is -0.0349. The highest BCUT2D eigenvalue weighted by Crippen LogP contribution is 2.36. The molecule has 1 saturated carbocycles. The number of nitrogens with two attached hydrogens (primary N) is 1. The van der Waals surface area contributed by atoms with Crippen molar-refractivity contribution in [2.75, 3.05) is 13.1 Å². The number of amides is 1. The summed E-state index contributed by atoms with van der Waals surface area (Å²) in [6.07, 6.45) is 4.71. The molecule has 0 atom stereocenters. The van der Waals surface area contributed by atoms with Crippen molar-refractivity contribution in [3.05, 3.63) is 35.4 Å². The number of hydrogen-bond acceptors (Lipinski definition) is 2. The van der Waals surface area contributed by atoms with Crippen LogP contribution in [0.3, 0.4) is 0 Å². The monoisotopic (exact) mass is 288 g/mol. The molecule has 0 bridgehead atoms. The molecule has 0 saturated heterocycles. The highest BCUT2D eigenvalue weighted by molar-refractivity contribution is 5.96. The van der Waals surface area contributed by atoms with Crippen LogP contribution in [0, 0.1) is 5.41 Å². The first kappa shape index (κ1) is 16.0. The number of nitrogens with one attached hydrogen (secondary N) is 1. The van der Waals surface area contributed by atoms with Gasteiger partial charge in [0.2, 0.25) is 0 Å². The number of hydrogen-bond donors (Lipinski definition) is 2. The van der Waals surface area contributed by atoms with Gasteiger partial charge >= 0.3 is 0 Å². The second-order valence-corrected chi connectivity index (χ2v) is 7.39. The van der Waals surface area contributed by atoms with Crippen LogP contribution in [0.15, 0.2) is 24.3 Å². The normalized spacial score (nSPS) is 17.7. The smallest absolute Gasteiger partial charge is 0.251 e. The van der Waals surface area contributed by atoms with E-state index in [1.165, 1.54) is 12.8 Å². The summed E-state index contributed by atoms with van der Waals surface area (Å²) in [5.41, 5.74) is 7.90. The lowest BCUT2D eigenvalue weighted by Crippen LogP contribution is -2.41. The molecule has 0 aromatic heterocycles. The summed E-state index contributed by atoms with van der Waals surface area (Å²) in [7, 11) is 0. The Labute approximate surface area is 128 Å². The van der Waals surface area contributed by atoms with E-state index >= 15 is 0 Å². The van der Waals surface area contributed by atoms with Gasteiger partial charge in [-0.05, 0) is 41.8 Å². The fourth-order valence-electron chi connectivity index (χ4n) is 3.28. The Kier molecular flexibility index (Phi) is 4.72. The van der Waals surface area contributed by atoms with Gasteiger partial charge in [-0.2, -0.15) is 0 Å². The zero-order chi connectivity index (χ0) is 15.5. The molecule has 0 unspecified atom stereocenters. The lowest BCUT2D eigenvalue weighted by molar-refractivity contribution is 0.0930. The number of carbonyl (C=O) groups excluding carboxylic acids is 1. The maximum Gasteiger partial charge on any atom is 0.251 e. The molecule has 0 heterocycles. The molecule has 3 N–H and O–H groups in total. The Morgan fingerprint density at radius 1 is 1.24 bits per heavy atom. The average molecular weight is 288 g/mol. The molecule has 116 valence electrons. The molecule has 1 fully saturated rings. The average Bonchev–Trinajstić information content (AvgIpc) is 2.93. The van der Waals surface area contributed by atoms with Gasteiger partial charge in [0.15, 0.2) is 0 Å². The Hall–Kier alpha value is -1.35. The van der Waals surface area contributed by atoms with Gasteiger partial charge in [0.1, 0.15) is 0 Å². The van der Waals surface area contributed by atoms with Crippen LogP contribution in [0.2, 0.25) is 0 Å². The zero-order valence-corrected chi connectivity index (χ0v) is 13.5. The summed E-state index contributed by atoms with van der Waals surface area (Å²) in [4.78, 5) is 12.6. The van der Waals surface area contributed by atoms with Crippen LogP contribution in [0.25, 0.3) is 0 Å². The third-order valence-electron chi connectivity index (χ3n) is 4.70. The quantitative estimate of drug-likeness (QED) is 0.893. The molecule has 0 radical (unpaired) electrons. The Balaban J connectivity index is 2.11. The fraction of sp³-hybridized carbons (Fsp3) is 0.611. The van der Waals surface area contributed by atoms with E-state index in [1.54, 1.807) is 0 Å². The molecule has 0 aliphatic heterocycles. The van der Waals surface area contributed by atoms with Gasteiger partial charge in [-0.15, -0.1) is 0 Å². The topological polar surface area (TPSA) is 55.1 Å². The molecular weight excluding hydrogens is 260 g/mol. The molecule has 2 rings (SSSR count). The summed E-state index contributed by atoms with van der Waals surface area (Å²) in [5.74, 6) is 0.0280. The zero-order valence-electron chi connectivity index (χ0n) is 13.5. The second kappa shape index (κ2) is 6.18. The van der Waals surface area contributed by atoms with Gasteiger partial charge in [0.25, 0.3) is 5.91 Å². The van der Waals surface area contributed by atoms with E-state index in [4.69, 9.17) is 5.73 Å². The molecular formula is C18H28N2O. The van der Waals surface area contributed by atoms with E-state index in [1.807, 2.05) is 24.3 Å². The van der Waals surface area contributed by atoms with Gasteiger partial charge in [0.05, 0.1) is 0 Å². The van der Waals surface area contributed by atoms with E-state index < -0.39 is 0 Å². The first-order valence-electron chi connectivity index (χ1n) is 7.96. The molecule has 1 aliphatic carbocycles. The van der Waals surface area contributed by atoms with Crippen molar-refractivity contribution in [2.45, 2.75) is 51.9 Å². The molecule has 1 aromatic carbocycles. The fourth-order valence-corrected chi connectivity index (χ4v) is 3.28. The lowest BCUT2D eigenvalue weighted by Gasteiger charge is -2.28. The van der Waals surface area contributed by atoms with Gasteiger partial charge < -0.3 is 11.1 Å². The standard InChI is InChI=1S/C18H28N2O/c1-17(2,3)15-9-5-4-8-14(15)16(21)20-13-18(12-19)10-6-7-11-18/h4-5,8-9H,6-7,10-13,19H2,1-3H3,(H,20,21). The number of benzene rings is 1. The predicted octanol–water partition coefficient (Wildman–Crippen LogP) is 3.23. The Morgan fingerprint density at radius 3 is 2.43 bits per heavy atom. The highest BCUT2D eigenvalue weighted by atomic mass is 16.1. The SMILES string of the molecule is CC(C)(C)c1ccccc1C(=O)NCC1(CN)CCCC1. The van der Waals surface area contributed by atoms with E-state index in [2.05, 4.69) is 26.1 Å². The molecule has 1 aromatic rings. The van der Waals surface area contributed by atoms with Crippen LogP contribution in [0.5, 0.6) is 0 Å². The van der Waals surface area contributed by atoms with Crippen molar-refractivity contribution in [3.63, 3.8) is 0 Å². The summed E-state index contributed by atoms with van der Waals surface area (Å²) < 4.78 is 0. The summed E-state index contributed by atoms with van der Waals surface area (Å²) in [6, 6.07) is 7.89. The summed E-state index contributed by atoms with van der Waals surface area (Å²) >= 11 is 0. The van der Waals surface area contributed by atoms with Crippen molar-refractivity contribution >= 4 is 5.91 Å². The minimum absolute atomic E-state index is 0.0280. The number of carbonyl (C=O) groups is 1. The molecule has 0 spiro atoms. The molecule has 3 nitrogen and oxygen atoms in total. The Morgan fingerprint density at radius 2 is 1.86 bits per heavy atom. The molecule has 1 aliphatic rings. The number of rotatable bonds is 4. The third kappa shape index (κ3) is 3.65. The van der Waals surface area contributed by atoms with Crippen LogP contribution < -0.4 is 11.1 Å². The van der Waals surface area contributed by atoms with Crippen molar-refractivity contribution in [3.8, 4) is 0 Å². The Bertz CT molecular complexity index is 496. The summed E-state index contributed by atoms with van der Waals surface area (Å²) in [5, 5.41) is 3.13. The maximum atomic E-state index is 12.6. The van der Waals surface area contributed by atoms with E-state index in [-0.39, 0.29) is 16.7 Å². The van der Waals surface area contributed by atoms with Gasteiger partial charge in [-0.3, -0.25) is 4.79 Å².